The van der Waals surface area contributed by atoms with Crippen molar-refractivity contribution in [1.82, 2.24) is 0 Å². The Morgan fingerprint density at radius 3 is 1.61 bits per heavy atom. The van der Waals surface area contributed by atoms with Crippen molar-refractivity contribution in [2.45, 2.75) is 39.8 Å². The number of nitrogens with one attached hydrogen (secondary N) is 2. The van der Waals surface area contributed by atoms with Crippen molar-refractivity contribution >= 4 is 58.1 Å². The largest absolute Gasteiger partial charge is 0.465 e. The van der Waals surface area contributed by atoms with Crippen LogP contribution in [0.4, 0.5) is 22.7 Å². The molecule has 14 nitrogen and oxygen atoms in total. The van der Waals surface area contributed by atoms with Crippen molar-refractivity contribution in [3.05, 3.63) is 82.9 Å². The summed E-state index contributed by atoms with van der Waals surface area (Å²) in [6.07, 6.45) is 0. The Morgan fingerprint density at radius 2 is 1.13 bits per heavy atom. The number of esters is 2. The lowest BCUT2D eigenvalue weighted by Gasteiger charge is -2.12. The number of anilines is 2. The fourth-order valence-corrected chi connectivity index (χ4v) is 3.90. The first-order valence-corrected chi connectivity index (χ1v) is 13.8. The van der Waals surface area contributed by atoms with E-state index in [0.717, 1.165) is 5.56 Å². The van der Waals surface area contributed by atoms with Crippen LogP contribution in [0.25, 0.3) is 0 Å². The number of Topliss-reactive ketones (excluding diaryl/α,β-unsaturated/α-hetero) is 2. The maximum absolute atomic E-state index is 12.9. The maximum atomic E-state index is 12.9. The van der Waals surface area contributed by atoms with Crippen molar-refractivity contribution < 1.29 is 38.2 Å². The summed E-state index contributed by atoms with van der Waals surface area (Å²) >= 11 is 0. The summed E-state index contributed by atoms with van der Waals surface area (Å²) in [5.74, 6) is -3.91. The third kappa shape index (κ3) is 9.05. The number of carbonyl (C=O) groups is 6. The smallest absolute Gasteiger partial charge is 0.340 e. The predicted octanol–water partition coefficient (Wildman–Crippen LogP) is 5.24. The molecular weight excluding hydrogens is 596 g/mol. The summed E-state index contributed by atoms with van der Waals surface area (Å²) in [5, 5.41) is 20.9. The van der Waals surface area contributed by atoms with Crippen LogP contribution < -0.4 is 10.6 Å². The topological polar surface area (TPSA) is 194 Å². The Kier molecular flexibility index (Phi) is 11.8. The Hall–Kier alpha value is -5.92. The van der Waals surface area contributed by atoms with Gasteiger partial charge in [0.2, 0.25) is 12.1 Å². The highest BCUT2D eigenvalue weighted by atomic mass is 16.5. The molecule has 0 bridgehead atoms. The summed E-state index contributed by atoms with van der Waals surface area (Å²) in [7, 11) is 2.46. The van der Waals surface area contributed by atoms with Gasteiger partial charge in [-0.15, -0.1) is 0 Å². The minimum Gasteiger partial charge on any atom is -0.465 e. The van der Waals surface area contributed by atoms with Gasteiger partial charge in [0, 0.05) is 11.4 Å². The van der Waals surface area contributed by atoms with Gasteiger partial charge in [-0.3, -0.25) is 19.2 Å². The molecule has 0 aliphatic heterocycles. The lowest BCUT2D eigenvalue weighted by Crippen LogP contribution is -2.32. The van der Waals surface area contributed by atoms with E-state index >= 15 is 0 Å². The molecule has 46 heavy (non-hydrogen) atoms. The molecule has 3 aromatic carbocycles. The van der Waals surface area contributed by atoms with Crippen molar-refractivity contribution in [3.63, 3.8) is 0 Å². The van der Waals surface area contributed by atoms with Gasteiger partial charge in [0.1, 0.15) is 5.69 Å². The number of aryl methyl sites for hydroxylation is 2. The Labute approximate surface area is 264 Å². The number of carbonyl (C=O) groups excluding carboxylic acids is 6. The van der Waals surface area contributed by atoms with E-state index in [1.165, 1.54) is 64.5 Å². The number of benzene rings is 3. The number of hydrogen-bond donors (Lipinski definition) is 2. The third-order valence-electron chi connectivity index (χ3n) is 6.44. The van der Waals surface area contributed by atoms with E-state index in [1.807, 2.05) is 0 Å². The zero-order valence-electron chi connectivity index (χ0n) is 26.0. The minimum atomic E-state index is -1.51. The molecular formula is C32H32N6O8. The van der Waals surface area contributed by atoms with Gasteiger partial charge in [-0.25, -0.2) is 9.59 Å². The van der Waals surface area contributed by atoms with E-state index in [0.29, 0.717) is 5.56 Å². The van der Waals surface area contributed by atoms with E-state index in [4.69, 9.17) is 9.47 Å². The zero-order valence-corrected chi connectivity index (χ0v) is 26.0. The number of ketones is 2. The summed E-state index contributed by atoms with van der Waals surface area (Å²) in [5.41, 5.74) is 2.77. The molecule has 0 aromatic heterocycles. The van der Waals surface area contributed by atoms with Crippen LogP contribution in [0, 0.1) is 13.8 Å². The molecule has 0 fully saturated rings. The van der Waals surface area contributed by atoms with Crippen LogP contribution in [-0.2, 0) is 28.7 Å². The van der Waals surface area contributed by atoms with Gasteiger partial charge in [-0.1, -0.05) is 12.1 Å². The molecule has 0 heterocycles. The lowest BCUT2D eigenvalue weighted by atomic mass is 10.1. The van der Waals surface area contributed by atoms with Crippen LogP contribution in [0.5, 0.6) is 0 Å². The van der Waals surface area contributed by atoms with Gasteiger partial charge < -0.3 is 20.1 Å². The van der Waals surface area contributed by atoms with Gasteiger partial charge in [0.15, 0.2) is 11.6 Å². The highest BCUT2D eigenvalue weighted by Gasteiger charge is 2.25. The highest BCUT2D eigenvalue weighted by molar-refractivity contribution is 6.11. The molecule has 0 aliphatic rings. The van der Waals surface area contributed by atoms with Gasteiger partial charge >= 0.3 is 11.9 Å². The van der Waals surface area contributed by atoms with Crippen LogP contribution in [0.15, 0.2) is 81.1 Å². The molecule has 3 aromatic rings. The van der Waals surface area contributed by atoms with Gasteiger partial charge in [0.25, 0.3) is 11.8 Å². The van der Waals surface area contributed by atoms with Crippen LogP contribution in [0.2, 0.25) is 0 Å². The first-order valence-electron chi connectivity index (χ1n) is 13.8. The van der Waals surface area contributed by atoms with Crippen molar-refractivity contribution in [1.29, 1.82) is 0 Å². The average Bonchev–Trinajstić information content (AvgIpc) is 3.02. The van der Waals surface area contributed by atoms with Crippen molar-refractivity contribution in [2.24, 2.45) is 20.5 Å². The molecule has 2 atom stereocenters. The van der Waals surface area contributed by atoms with Crippen molar-refractivity contribution in [3.8, 4) is 0 Å². The standard InChI is InChI=1S/C32H32N6O8/c1-17-7-14-24(32(44)46-6)26(15-17)36-38-28(20(4)40)30(42)34-23-12-10-22(11-13-23)33-29(41)27(19(3)39)37-35-25-16-21(31(43)45-5)9-8-18(25)2/h7-16,27-28H,1-6H3,(H,33,41)(H,34,42)/b37-35+,38-36+. The monoisotopic (exact) mass is 628 g/mol. The second-order valence-corrected chi connectivity index (χ2v) is 10.0. The molecule has 14 heteroatoms. The molecule has 3 rings (SSSR count). The summed E-state index contributed by atoms with van der Waals surface area (Å²) in [4.78, 5) is 74.2. The van der Waals surface area contributed by atoms with Crippen molar-refractivity contribution in [2.75, 3.05) is 24.9 Å². The number of nitrogens with zero attached hydrogens (tertiary/aromatic N) is 4. The van der Waals surface area contributed by atoms with E-state index < -0.39 is 47.4 Å². The fourth-order valence-electron chi connectivity index (χ4n) is 3.90. The van der Waals surface area contributed by atoms with Crippen LogP contribution in [0.3, 0.4) is 0 Å². The number of azo groups is 2. The maximum Gasteiger partial charge on any atom is 0.340 e. The quantitative estimate of drug-likeness (QED) is 0.154. The highest BCUT2D eigenvalue weighted by Crippen LogP contribution is 2.24. The summed E-state index contributed by atoms with van der Waals surface area (Å²) in [6, 6.07) is 12.3. The Bertz CT molecular complexity index is 1730. The summed E-state index contributed by atoms with van der Waals surface area (Å²) in [6.45, 7) is 5.88. The first kappa shape index (κ1) is 34.6. The molecule has 238 valence electrons. The normalized spacial score (nSPS) is 12.3. The number of ether oxygens (including phenoxy) is 2. The third-order valence-corrected chi connectivity index (χ3v) is 6.44. The lowest BCUT2D eigenvalue weighted by molar-refractivity contribution is -0.127. The zero-order chi connectivity index (χ0) is 34.0. The SMILES string of the molecule is COC(=O)c1ccc(C)c(/N=N/C(C(C)=O)C(=O)Nc2ccc(NC(=O)C(/N=N/c3cc(C)ccc3C(=O)OC)C(C)=O)cc2)c1. The first-order chi connectivity index (χ1) is 21.8. The molecule has 0 saturated carbocycles. The molecule has 0 radical (unpaired) electrons. The molecule has 2 N–H and O–H groups in total. The van der Waals surface area contributed by atoms with Gasteiger partial charge in [-0.05, 0) is 87.4 Å². The molecule has 2 unspecified atom stereocenters. The molecule has 0 aliphatic carbocycles. The molecule has 2 amide bonds. The van der Waals surface area contributed by atoms with Crippen LogP contribution in [-0.4, -0.2) is 61.6 Å². The van der Waals surface area contributed by atoms with E-state index in [9.17, 15) is 28.8 Å². The number of hydrogen-bond acceptors (Lipinski definition) is 12. The molecule has 0 spiro atoms. The van der Waals surface area contributed by atoms with E-state index in [-0.39, 0.29) is 33.9 Å². The number of methoxy groups -OCH3 is 2. The number of amides is 2. The number of rotatable bonds is 12. The molecule has 0 saturated heterocycles. The van der Waals surface area contributed by atoms with Crippen LogP contribution >= 0.6 is 0 Å². The Balaban J connectivity index is 1.71. The van der Waals surface area contributed by atoms with Gasteiger partial charge in [-0.2, -0.15) is 20.5 Å². The minimum absolute atomic E-state index is 0.119. The summed E-state index contributed by atoms with van der Waals surface area (Å²) < 4.78 is 9.46. The van der Waals surface area contributed by atoms with Crippen LogP contribution in [0.1, 0.15) is 45.7 Å². The Morgan fingerprint density at radius 1 is 0.630 bits per heavy atom. The second-order valence-electron chi connectivity index (χ2n) is 10.0. The van der Waals surface area contributed by atoms with Gasteiger partial charge in [0.05, 0.1) is 31.0 Å². The van der Waals surface area contributed by atoms with E-state index in [2.05, 4.69) is 31.1 Å². The van der Waals surface area contributed by atoms with E-state index in [1.54, 1.807) is 38.1 Å². The fraction of sp³-hybridized carbons (Fsp3) is 0.250. The second kappa shape index (κ2) is 15.7. The average molecular weight is 629 g/mol. The predicted molar refractivity (Wildman–Crippen MR) is 167 cm³/mol.